The van der Waals surface area contributed by atoms with Gasteiger partial charge in [0.1, 0.15) is 24.8 Å². The van der Waals surface area contributed by atoms with Crippen LogP contribution in [0.4, 0.5) is 13.2 Å². The Morgan fingerprint density at radius 2 is 1.82 bits per heavy atom. The number of primary amides is 1. The van der Waals surface area contributed by atoms with Crippen molar-refractivity contribution in [3.8, 4) is 11.1 Å². The van der Waals surface area contributed by atoms with Crippen molar-refractivity contribution >= 4 is 45.8 Å². The zero-order valence-corrected chi connectivity index (χ0v) is 24.3. The predicted molar refractivity (Wildman–Crippen MR) is 162 cm³/mol. The first-order valence-corrected chi connectivity index (χ1v) is 14.4. The topological polar surface area (TPSA) is 123 Å². The summed E-state index contributed by atoms with van der Waals surface area (Å²) in [4.78, 5) is 43.9. The summed E-state index contributed by atoms with van der Waals surface area (Å²) in [7, 11) is 0. The molecule has 13 heteroatoms. The van der Waals surface area contributed by atoms with Crippen LogP contribution in [-0.2, 0) is 16.1 Å². The van der Waals surface area contributed by atoms with Crippen molar-refractivity contribution in [3.05, 3.63) is 102 Å². The highest BCUT2D eigenvalue weighted by atomic mass is 35.5. The Labute approximate surface area is 260 Å². The molecular formula is C32H26ClF3N6O3. The maximum Gasteiger partial charge on any atom is 0.269 e. The molecule has 2 aliphatic rings. The molecule has 9 nitrogen and oxygen atoms in total. The van der Waals surface area contributed by atoms with Crippen molar-refractivity contribution in [1.29, 1.82) is 0 Å². The summed E-state index contributed by atoms with van der Waals surface area (Å²) in [5, 5.41) is 4.61. The molecule has 1 fully saturated rings. The van der Waals surface area contributed by atoms with Gasteiger partial charge in [0.2, 0.25) is 22.9 Å². The lowest BCUT2D eigenvalue weighted by Crippen LogP contribution is -2.54. The molecule has 2 aromatic heterocycles. The fourth-order valence-corrected chi connectivity index (χ4v) is 5.99. The standard InChI is InChI=1S/C32H26ClF3N6O3/c33-32(36)23(18-5-2-1-3-6-18)7-4-8-26(32)39-31(45)25-14-21(34)16-41(25)28(43)17-42-24-11-9-19(20-10-12-27(35)38-15-20)13-22(24)29(40-42)30(37)44/h1-13,15,21,25-26H,14,16-17H2,(H2,37,44)(H,39,45)/t21-,25+,26?,32?/m1/s1. The quantitative estimate of drug-likeness (QED) is 0.232. The average Bonchev–Trinajstić information content (AvgIpc) is 3.59. The van der Waals surface area contributed by atoms with Crippen LogP contribution in [0.5, 0.6) is 0 Å². The monoisotopic (exact) mass is 634 g/mol. The molecule has 1 aliphatic heterocycles. The van der Waals surface area contributed by atoms with E-state index >= 15 is 4.39 Å². The smallest absolute Gasteiger partial charge is 0.269 e. The van der Waals surface area contributed by atoms with E-state index in [9.17, 15) is 23.2 Å². The fraction of sp³-hybridized carbons (Fsp3) is 0.219. The zero-order chi connectivity index (χ0) is 31.9. The summed E-state index contributed by atoms with van der Waals surface area (Å²) in [6.07, 6.45) is 4.02. The van der Waals surface area contributed by atoms with Crippen LogP contribution in [-0.4, -0.2) is 67.3 Å². The van der Waals surface area contributed by atoms with Crippen LogP contribution in [0.15, 0.2) is 85.1 Å². The van der Waals surface area contributed by atoms with E-state index in [4.69, 9.17) is 17.3 Å². The third-order valence-electron chi connectivity index (χ3n) is 7.90. The average molecular weight is 635 g/mol. The van der Waals surface area contributed by atoms with Gasteiger partial charge in [-0.2, -0.15) is 9.49 Å². The molecule has 1 saturated heterocycles. The third kappa shape index (κ3) is 5.80. The minimum absolute atomic E-state index is 0.110. The van der Waals surface area contributed by atoms with Crippen LogP contribution >= 0.6 is 11.6 Å². The van der Waals surface area contributed by atoms with Gasteiger partial charge in [0.05, 0.1) is 12.1 Å². The highest BCUT2D eigenvalue weighted by Gasteiger charge is 2.46. The van der Waals surface area contributed by atoms with E-state index in [1.165, 1.54) is 35.2 Å². The molecule has 45 heavy (non-hydrogen) atoms. The van der Waals surface area contributed by atoms with Crippen LogP contribution in [0.25, 0.3) is 27.6 Å². The summed E-state index contributed by atoms with van der Waals surface area (Å²) in [6.45, 7) is -0.803. The number of likely N-dealkylation sites (tertiary alicyclic amines) is 1. The predicted octanol–water partition coefficient (Wildman–Crippen LogP) is 4.32. The van der Waals surface area contributed by atoms with Gasteiger partial charge in [0.15, 0.2) is 5.69 Å². The Morgan fingerprint density at radius 3 is 2.53 bits per heavy atom. The largest absolute Gasteiger partial charge is 0.364 e. The summed E-state index contributed by atoms with van der Waals surface area (Å²) in [5.41, 5.74) is 7.69. The number of amides is 3. The van der Waals surface area contributed by atoms with Gasteiger partial charge in [-0.15, -0.1) is 0 Å². The number of halogens is 4. The van der Waals surface area contributed by atoms with E-state index in [1.54, 1.807) is 54.6 Å². The minimum atomic E-state index is -2.50. The Kier molecular flexibility index (Phi) is 7.92. The van der Waals surface area contributed by atoms with E-state index in [2.05, 4.69) is 15.4 Å². The van der Waals surface area contributed by atoms with Crippen molar-refractivity contribution < 1.29 is 27.6 Å². The van der Waals surface area contributed by atoms with Crippen LogP contribution in [0.1, 0.15) is 22.5 Å². The van der Waals surface area contributed by atoms with Crippen LogP contribution < -0.4 is 11.1 Å². The van der Waals surface area contributed by atoms with E-state index in [0.717, 1.165) is 4.90 Å². The number of benzene rings is 2. The highest BCUT2D eigenvalue weighted by Crippen LogP contribution is 2.40. The minimum Gasteiger partial charge on any atom is -0.364 e. The second-order valence-corrected chi connectivity index (χ2v) is 11.4. The van der Waals surface area contributed by atoms with Gasteiger partial charge in [-0.25, -0.2) is 13.8 Å². The second kappa shape index (κ2) is 11.8. The summed E-state index contributed by atoms with van der Waals surface area (Å²) in [6, 6.07) is 13.7. The van der Waals surface area contributed by atoms with E-state index in [1.807, 2.05) is 0 Å². The maximum absolute atomic E-state index is 15.9. The normalized spacial score (nSPS) is 22.8. The number of hydrogen-bond donors (Lipinski definition) is 2. The van der Waals surface area contributed by atoms with Gasteiger partial charge in [-0.3, -0.25) is 19.1 Å². The van der Waals surface area contributed by atoms with Crippen LogP contribution in [0.2, 0.25) is 0 Å². The third-order valence-corrected chi connectivity index (χ3v) is 8.34. The Hall–Kier alpha value is -4.97. The van der Waals surface area contributed by atoms with E-state index in [-0.39, 0.29) is 24.2 Å². The van der Waals surface area contributed by atoms with Gasteiger partial charge in [0.25, 0.3) is 5.91 Å². The molecular weight excluding hydrogens is 609 g/mol. The Morgan fingerprint density at radius 1 is 1.07 bits per heavy atom. The van der Waals surface area contributed by atoms with E-state index in [0.29, 0.717) is 27.6 Å². The van der Waals surface area contributed by atoms with Crippen LogP contribution in [0, 0.1) is 5.95 Å². The molecule has 230 valence electrons. The number of allylic oxidation sites excluding steroid dienone is 2. The number of nitrogens with two attached hydrogens (primary N) is 1. The Balaban J connectivity index is 1.22. The number of carbonyl (C=O) groups excluding carboxylic acids is 3. The Bertz CT molecular complexity index is 1860. The lowest BCUT2D eigenvalue weighted by molar-refractivity contribution is -0.139. The van der Waals surface area contributed by atoms with Crippen molar-refractivity contribution in [1.82, 2.24) is 25.0 Å². The first kappa shape index (κ1) is 30.1. The van der Waals surface area contributed by atoms with Crippen molar-refractivity contribution in [2.75, 3.05) is 6.54 Å². The highest BCUT2D eigenvalue weighted by molar-refractivity contribution is 6.30. The first-order valence-electron chi connectivity index (χ1n) is 14.0. The molecule has 6 rings (SSSR count). The molecule has 3 N–H and O–H groups in total. The van der Waals surface area contributed by atoms with Gasteiger partial charge in [-0.1, -0.05) is 66.2 Å². The van der Waals surface area contributed by atoms with Gasteiger partial charge >= 0.3 is 0 Å². The fourth-order valence-electron chi connectivity index (χ4n) is 5.69. The molecule has 0 radical (unpaired) electrons. The van der Waals surface area contributed by atoms with Gasteiger partial charge in [0, 0.05) is 29.1 Å². The van der Waals surface area contributed by atoms with Crippen molar-refractivity contribution in [2.24, 2.45) is 5.73 Å². The number of nitrogens with zero attached hydrogens (tertiary/aromatic N) is 4. The number of nitrogens with one attached hydrogen (secondary N) is 1. The molecule has 0 bridgehead atoms. The molecule has 3 heterocycles. The number of pyridine rings is 1. The molecule has 2 unspecified atom stereocenters. The van der Waals surface area contributed by atoms with Crippen LogP contribution in [0.3, 0.4) is 0 Å². The number of aromatic nitrogens is 3. The number of carbonyl (C=O) groups is 3. The first-order chi connectivity index (χ1) is 21.5. The van der Waals surface area contributed by atoms with Gasteiger partial charge < -0.3 is 16.0 Å². The van der Waals surface area contributed by atoms with E-state index < -0.39 is 53.6 Å². The zero-order valence-electron chi connectivity index (χ0n) is 23.5. The molecule has 4 atom stereocenters. The molecule has 3 amide bonds. The van der Waals surface area contributed by atoms with Crippen molar-refractivity contribution in [3.63, 3.8) is 0 Å². The molecule has 2 aromatic carbocycles. The number of hydrogen-bond acceptors (Lipinski definition) is 5. The SMILES string of the molecule is NC(=O)c1nn(CC(=O)N2C[C@H](F)C[C@H]2C(=O)NC2C=CC=C(c3ccccc3)C2(F)Cl)c2ccc(-c3ccc(F)nc3)cc12. The number of rotatable bonds is 7. The molecule has 4 aromatic rings. The second-order valence-electron chi connectivity index (χ2n) is 10.8. The lowest BCUT2D eigenvalue weighted by atomic mass is 9.91. The lowest BCUT2D eigenvalue weighted by Gasteiger charge is -2.33. The van der Waals surface area contributed by atoms with Gasteiger partial charge in [-0.05, 0) is 35.4 Å². The molecule has 0 spiro atoms. The summed E-state index contributed by atoms with van der Waals surface area (Å²) in [5.74, 6) is -2.91. The van der Waals surface area contributed by atoms with Crippen molar-refractivity contribution in [2.45, 2.75) is 36.3 Å². The number of alkyl halides is 3. The molecule has 0 saturated carbocycles. The summed E-state index contributed by atoms with van der Waals surface area (Å²) < 4.78 is 45.2. The number of fused-ring (bicyclic) bond motifs is 1. The summed E-state index contributed by atoms with van der Waals surface area (Å²) >= 11 is 6.34. The maximum atomic E-state index is 15.9. The molecule has 1 aliphatic carbocycles.